The fraction of sp³-hybridized carbons (Fsp3) is 0.412. The molecular weight excluding hydrogens is 285 g/mol. The third-order valence-electron chi connectivity index (χ3n) is 4.18. The summed E-state index contributed by atoms with van der Waals surface area (Å²) in [6, 6.07) is 7.58. The maximum Gasteiger partial charge on any atom is 0.131 e. The second-order valence-corrected chi connectivity index (χ2v) is 6.52. The average molecular weight is 305 g/mol. The highest BCUT2D eigenvalue weighted by Gasteiger charge is 2.23. The quantitative estimate of drug-likeness (QED) is 0.889. The number of hydrogen-bond donors (Lipinski definition) is 1. The molecule has 1 aliphatic rings. The minimum Gasteiger partial charge on any atom is -0.497 e. The number of benzene rings is 1. The predicted octanol–water partition coefficient (Wildman–Crippen LogP) is 4.62. The van der Waals surface area contributed by atoms with Crippen LogP contribution in [0.5, 0.6) is 5.75 Å². The lowest BCUT2D eigenvalue weighted by molar-refractivity contribution is 0.400. The number of ether oxygens (including phenoxy) is 1. The number of aryl methyl sites for hydroxylation is 1. The fourth-order valence-corrected chi connectivity index (χ4v) is 4.02. The number of rotatable bonds is 4. The van der Waals surface area contributed by atoms with Crippen LogP contribution in [0.25, 0.3) is 0 Å². The molecule has 112 valence electrons. The van der Waals surface area contributed by atoms with E-state index >= 15 is 0 Å². The number of methoxy groups -OCH3 is 1. The number of halogens is 1. The summed E-state index contributed by atoms with van der Waals surface area (Å²) in [5.41, 5.74) is 2.09. The van der Waals surface area contributed by atoms with Crippen LogP contribution in [0.1, 0.15) is 47.9 Å². The second-order valence-electron chi connectivity index (χ2n) is 5.52. The van der Waals surface area contributed by atoms with Gasteiger partial charge in [-0.25, -0.2) is 4.39 Å². The van der Waals surface area contributed by atoms with Crippen LogP contribution >= 0.6 is 11.3 Å². The largest absolute Gasteiger partial charge is 0.497 e. The average Bonchev–Trinajstić information content (AvgIpc) is 2.96. The first-order valence-corrected chi connectivity index (χ1v) is 8.22. The lowest BCUT2D eigenvalue weighted by Crippen LogP contribution is -2.27. The Morgan fingerprint density at radius 2 is 2.24 bits per heavy atom. The van der Waals surface area contributed by atoms with E-state index in [-0.39, 0.29) is 11.9 Å². The van der Waals surface area contributed by atoms with Crippen molar-refractivity contribution in [3.05, 3.63) is 51.5 Å². The molecule has 4 heteroatoms. The molecule has 0 aliphatic heterocycles. The van der Waals surface area contributed by atoms with Crippen LogP contribution in [0, 0.1) is 5.82 Å². The summed E-state index contributed by atoms with van der Waals surface area (Å²) in [7, 11) is 1.55. The van der Waals surface area contributed by atoms with Crippen LogP contribution < -0.4 is 10.1 Å². The van der Waals surface area contributed by atoms with Crippen LogP contribution in [0.2, 0.25) is 0 Å². The molecule has 3 rings (SSSR count). The molecule has 2 aromatic rings. The van der Waals surface area contributed by atoms with Gasteiger partial charge in [0.2, 0.25) is 0 Å². The summed E-state index contributed by atoms with van der Waals surface area (Å²) in [6.07, 6.45) is 3.49. The number of nitrogens with one attached hydrogen (secondary N) is 1. The van der Waals surface area contributed by atoms with Crippen molar-refractivity contribution >= 4 is 11.3 Å². The molecular formula is C17H20FNOS. The molecule has 0 radical (unpaired) electrons. The summed E-state index contributed by atoms with van der Waals surface area (Å²) in [5, 5.41) is 5.74. The van der Waals surface area contributed by atoms with E-state index in [0.29, 0.717) is 17.4 Å². The molecule has 1 aromatic carbocycles. The Hall–Kier alpha value is -1.39. The molecule has 0 bridgehead atoms. The lowest BCUT2D eigenvalue weighted by atomic mass is 9.93. The van der Waals surface area contributed by atoms with E-state index in [2.05, 4.69) is 16.8 Å². The third-order valence-corrected chi connectivity index (χ3v) is 5.17. The van der Waals surface area contributed by atoms with Crippen molar-refractivity contribution in [3.63, 3.8) is 0 Å². The summed E-state index contributed by atoms with van der Waals surface area (Å²) in [6.45, 7) is 2.02. The van der Waals surface area contributed by atoms with Gasteiger partial charge in [-0.2, -0.15) is 0 Å². The van der Waals surface area contributed by atoms with Crippen molar-refractivity contribution in [1.82, 2.24) is 5.32 Å². The van der Waals surface area contributed by atoms with E-state index in [1.807, 2.05) is 30.4 Å². The molecule has 2 atom stereocenters. The van der Waals surface area contributed by atoms with Crippen LogP contribution in [-0.4, -0.2) is 7.11 Å². The van der Waals surface area contributed by atoms with Gasteiger partial charge in [-0.05, 0) is 49.3 Å². The molecule has 2 unspecified atom stereocenters. The maximum absolute atomic E-state index is 14.2. The Labute approximate surface area is 129 Å². The van der Waals surface area contributed by atoms with Gasteiger partial charge in [0.1, 0.15) is 11.6 Å². The normalized spacial score (nSPS) is 19.1. The summed E-state index contributed by atoms with van der Waals surface area (Å²) < 4.78 is 19.2. The Morgan fingerprint density at radius 1 is 1.38 bits per heavy atom. The Bertz CT molecular complexity index is 625. The smallest absolute Gasteiger partial charge is 0.131 e. The Balaban J connectivity index is 1.77. The van der Waals surface area contributed by atoms with Crippen LogP contribution in [0.15, 0.2) is 29.6 Å². The summed E-state index contributed by atoms with van der Waals surface area (Å²) >= 11 is 1.83. The van der Waals surface area contributed by atoms with Gasteiger partial charge in [0.25, 0.3) is 0 Å². The van der Waals surface area contributed by atoms with E-state index < -0.39 is 0 Å². The van der Waals surface area contributed by atoms with Gasteiger partial charge >= 0.3 is 0 Å². The highest BCUT2D eigenvalue weighted by atomic mass is 32.1. The highest BCUT2D eigenvalue weighted by Crippen LogP contribution is 2.35. The highest BCUT2D eigenvalue weighted by molar-refractivity contribution is 7.10. The van der Waals surface area contributed by atoms with Crippen molar-refractivity contribution in [2.75, 3.05) is 7.11 Å². The Kier molecular flexibility index (Phi) is 4.27. The van der Waals surface area contributed by atoms with Crippen molar-refractivity contribution in [1.29, 1.82) is 0 Å². The predicted molar refractivity (Wildman–Crippen MR) is 84.5 cm³/mol. The SMILES string of the molecule is COc1ccc(C(C)NC2CCCc3sccc32)c(F)c1. The van der Waals surface area contributed by atoms with E-state index in [4.69, 9.17) is 4.74 Å². The van der Waals surface area contributed by atoms with Gasteiger partial charge in [-0.3, -0.25) is 0 Å². The molecule has 0 amide bonds. The minimum absolute atomic E-state index is 0.0215. The van der Waals surface area contributed by atoms with E-state index in [1.165, 1.54) is 29.3 Å². The topological polar surface area (TPSA) is 21.3 Å². The van der Waals surface area contributed by atoms with Gasteiger partial charge in [-0.15, -0.1) is 11.3 Å². The Morgan fingerprint density at radius 3 is 3.00 bits per heavy atom. The van der Waals surface area contributed by atoms with Gasteiger partial charge < -0.3 is 10.1 Å². The van der Waals surface area contributed by atoms with E-state index in [0.717, 1.165) is 6.42 Å². The zero-order valence-electron chi connectivity index (χ0n) is 12.4. The second kappa shape index (κ2) is 6.16. The monoisotopic (exact) mass is 305 g/mol. The van der Waals surface area contributed by atoms with Crippen molar-refractivity contribution in [2.45, 2.75) is 38.3 Å². The van der Waals surface area contributed by atoms with Crippen LogP contribution in [0.4, 0.5) is 4.39 Å². The molecule has 0 saturated carbocycles. The van der Waals surface area contributed by atoms with Gasteiger partial charge in [0.05, 0.1) is 7.11 Å². The molecule has 1 heterocycles. The van der Waals surface area contributed by atoms with E-state index in [1.54, 1.807) is 7.11 Å². The first kappa shape index (κ1) is 14.5. The zero-order chi connectivity index (χ0) is 14.8. The molecule has 0 spiro atoms. The summed E-state index contributed by atoms with van der Waals surface area (Å²) in [4.78, 5) is 1.47. The summed E-state index contributed by atoms with van der Waals surface area (Å²) in [5.74, 6) is 0.344. The standard InChI is InChI=1S/C17H20FNOS/c1-11(13-7-6-12(20-2)10-15(13)18)19-16-4-3-5-17-14(16)8-9-21-17/h6-11,16,19H,3-5H2,1-2H3. The molecule has 2 nitrogen and oxygen atoms in total. The first-order chi connectivity index (χ1) is 10.2. The third kappa shape index (κ3) is 2.97. The van der Waals surface area contributed by atoms with Crippen molar-refractivity contribution < 1.29 is 9.13 Å². The molecule has 21 heavy (non-hydrogen) atoms. The maximum atomic E-state index is 14.2. The zero-order valence-corrected chi connectivity index (χ0v) is 13.2. The molecule has 1 aromatic heterocycles. The van der Waals surface area contributed by atoms with Crippen molar-refractivity contribution in [3.8, 4) is 5.75 Å². The van der Waals surface area contributed by atoms with Crippen LogP contribution in [-0.2, 0) is 6.42 Å². The fourth-order valence-electron chi connectivity index (χ4n) is 3.04. The van der Waals surface area contributed by atoms with Crippen molar-refractivity contribution in [2.24, 2.45) is 0 Å². The van der Waals surface area contributed by atoms with Gasteiger partial charge in [0, 0.05) is 28.6 Å². The number of thiophene rings is 1. The van der Waals surface area contributed by atoms with Crippen LogP contribution in [0.3, 0.4) is 0 Å². The lowest BCUT2D eigenvalue weighted by Gasteiger charge is -2.27. The first-order valence-electron chi connectivity index (χ1n) is 7.35. The minimum atomic E-state index is -0.212. The van der Waals surface area contributed by atoms with Gasteiger partial charge in [-0.1, -0.05) is 6.07 Å². The molecule has 1 N–H and O–H groups in total. The molecule has 1 aliphatic carbocycles. The molecule has 0 saturated heterocycles. The van der Waals surface area contributed by atoms with Gasteiger partial charge in [0.15, 0.2) is 0 Å². The number of hydrogen-bond acceptors (Lipinski definition) is 3. The van der Waals surface area contributed by atoms with E-state index in [9.17, 15) is 4.39 Å². The molecule has 0 fully saturated rings. The number of fused-ring (bicyclic) bond motifs is 1.